The number of aryl methyl sites for hydroxylation is 4. The molecule has 0 aliphatic heterocycles. The Morgan fingerprint density at radius 1 is 1.16 bits per heavy atom. The zero-order valence-electron chi connectivity index (χ0n) is 15.9. The van der Waals surface area contributed by atoms with Gasteiger partial charge in [-0.2, -0.15) is 5.10 Å². The molecule has 2 heterocycles. The number of aromatic nitrogens is 3. The molecule has 0 unspecified atom stereocenters. The molecular formula is C17H29IN6O. The van der Waals surface area contributed by atoms with E-state index < -0.39 is 0 Å². The van der Waals surface area contributed by atoms with Gasteiger partial charge in [0.15, 0.2) is 5.96 Å². The van der Waals surface area contributed by atoms with Crippen molar-refractivity contribution in [2.75, 3.05) is 13.1 Å². The second-order valence-corrected chi connectivity index (χ2v) is 5.89. The Labute approximate surface area is 166 Å². The van der Waals surface area contributed by atoms with Crippen molar-refractivity contribution in [3.05, 3.63) is 34.3 Å². The van der Waals surface area contributed by atoms with Crippen LogP contribution in [-0.4, -0.2) is 33.8 Å². The van der Waals surface area contributed by atoms with Gasteiger partial charge in [-0.1, -0.05) is 0 Å². The molecule has 0 aliphatic carbocycles. The minimum Gasteiger partial charge on any atom is -0.444 e. The van der Waals surface area contributed by atoms with Crippen LogP contribution in [-0.2, 0) is 20.0 Å². The van der Waals surface area contributed by atoms with E-state index in [0.717, 1.165) is 42.6 Å². The van der Waals surface area contributed by atoms with Crippen LogP contribution in [0, 0.1) is 27.7 Å². The first-order valence-electron chi connectivity index (χ1n) is 8.36. The number of oxazole rings is 1. The maximum absolute atomic E-state index is 5.57. The van der Waals surface area contributed by atoms with Crippen LogP contribution in [0.25, 0.3) is 0 Å². The number of halogens is 1. The molecule has 0 amide bonds. The Morgan fingerprint density at radius 2 is 1.88 bits per heavy atom. The van der Waals surface area contributed by atoms with Gasteiger partial charge < -0.3 is 15.1 Å². The molecule has 0 aromatic carbocycles. The molecule has 2 aromatic heterocycles. The topological polar surface area (TPSA) is 80.3 Å². The molecule has 140 valence electrons. The Bertz CT molecular complexity index is 700. The van der Waals surface area contributed by atoms with Gasteiger partial charge in [-0.05, 0) is 46.6 Å². The van der Waals surface area contributed by atoms with E-state index in [4.69, 9.17) is 4.42 Å². The standard InChI is InChI=1S/C17H28N6O.HI/c1-7-18-17(20-10-16-21-11(2)14(5)24-16)19-9-8-15-12(3)22-23(6)13(15)4;/h7-10H2,1-6H3,(H2,18,19,20);1H. The normalized spacial score (nSPS) is 11.4. The summed E-state index contributed by atoms with van der Waals surface area (Å²) in [6.07, 6.45) is 0.910. The molecule has 2 aromatic rings. The van der Waals surface area contributed by atoms with Crippen LogP contribution in [0.2, 0.25) is 0 Å². The van der Waals surface area contributed by atoms with Gasteiger partial charge in [0.05, 0.1) is 11.4 Å². The van der Waals surface area contributed by atoms with Gasteiger partial charge in [-0.25, -0.2) is 9.98 Å². The van der Waals surface area contributed by atoms with Crippen LogP contribution in [0.4, 0.5) is 0 Å². The molecule has 2 N–H and O–H groups in total. The molecule has 7 nitrogen and oxygen atoms in total. The minimum atomic E-state index is 0. The average Bonchev–Trinajstić information content (AvgIpc) is 2.97. The fraction of sp³-hybridized carbons (Fsp3) is 0.588. The van der Waals surface area contributed by atoms with E-state index in [1.807, 2.05) is 32.5 Å². The maximum atomic E-state index is 5.57. The third-order valence-electron chi connectivity index (χ3n) is 4.12. The third-order valence-corrected chi connectivity index (χ3v) is 4.12. The lowest BCUT2D eigenvalue weighted by atomic mass is 10.1. The molecule has 25 heavy (non-hydrogen) atoms. The van der Waals surface area contributed by atoms with Gasteiger partial charge in [0.2, 0.25) is 5.89 Å². The zero-order valence-corrected chi connectivity index (χ0v) is 18.3. The van der Waals surface area contributed by atoms with Crippen molar-refractivity contribution in [1.82, 2.24) is 25.4 Å². The van der Waals surface area contributed by atoms with Crippen molar-refractivity contribution in [2.24, 2.45) is 12.0 Å². The summed E-state index contributed by atoms with van der Waals surface area (Å²) >= 11 is 0. The highest BCUT2D eigenvalue weighted by Crippen LogP contribution is 2.12. The van der Waals surface area contributed by atoms with Gasteiger partial charge in [0, 0.05) is 25.8 Å². The molecule has 2 rings (SSSR count). The molecule has 0 saturated carbocycles. The third kappa shape index (κ3) is 5.72. The Kier molecular flexibility index (Phi) is 8.40. The average molecular weight is 460 g/mol. The number of guanidine groups is 1. The lowest BCUT2D eigenvalue weighted by Gasteiger charge is -2.11. The van der Waals surface area contributed by atoms with E-state index in [1.165, 1.54) is 11.3 Å². The number of rotatable bonds is 6. The lowest BCUT2D eigenvalue weighted by molar-refractivity contribution is 0.473. The Balaban J connectivity index is 0.00000312. The van der Waals surface area contributed by atoms with E-state index in [9.17, 15) is 0 Å². The summed E-state index contributed by atoms with van der Waals surface area (Å²) in [5, 5.41) is 11.1. The van der Waals surface area contributed by atoms with E-state index >= 15 is 0 Å². The van der Waals surface area contributed by atoms with Crippen molar-refractivity contribution in [3.8, 4) is 0 Å². The minimum absolute atomic E-state index is 0. The van der Waals surface area contributed by atoms with Crippen molar-refractivity contribution < 1.29 is 4.42 Å². The fourth-order valence-electron chi connectivity index (χ4n) is 2.58. The highest BCUT2D eigenvalue weighted by molar-refractivity contribution is 14.0. The first-order chi connectivity index (χ1) is 11.4. The second-order valence-electron chi connectivity index (χ2n) is 5.89. The predicted octanol–water partition coefficient (Wildman–Crippen LogP) is 2.56. The summed E-state index contributed by atoms with van der Waals surface area (Å²) in [6, 6.07) is 0. The number of hydrogen-bond acceptors (Lipinski definition) is 4. The summed E-state index contributed by atoms with van der Waals surface area (Å²) in [4.78, 5) is 8.89. The first kappa shape index (κ1) is 21.5. The molecule has 0 spiro atoms. The summed E-state index contributed by atoms with van der Waals surface area (Å²) in [7, 11) is 1.98. The van der Waals surface area contributed by atoms with E-state index in [1.54, 1.807) is 0 Å². The largest absolute Gasteiger partial charge is 0.444 e. The van der Waals surface area contributed by atoms with Gasteiger partial charge >= 0.3 is 0 Å². The van der Waals surface area contributed by atoms with Crippen LogP contribution in [0.3, 0.4) is 0 Å². The van der Waals surface area contributed by atoms with E-state index in [2.05, 4.69) is 39.6 Å². The van der Waals surface area contributed by atoms with Crippen molar-refractivity contribution in [1.29, 1.82) is 0 Å². The van der Waals surface area contributed by atoms with Crippen LogP contribution >= 0.6 is 24.0 Å². The van der Waals surface area contributed by atoms with Crippen LogP contribution in [0.5, 0.6) is 0 Å². The van der Waals surface area contributed by atoms with Gasteiger partial charge in [0.25, 0.3) is 0 Å². The highest BCUT2D eigenvalue weighted by Gasteiger charge is 2.09. The second kappa shape index (κ2) is 9.79. The quantitative estimate of drug-likeness (QED) is 0.394. The molecule has 0 fully saturated rings. The van der Waals surface area contributed by atoms with Crippen LogP contribution < -0.4 is 10.6 Å². The van der Waals surface area contributed by atoms with E-state index in [-0.39, 0.29) is 24.0 Å². The van der Waals surface area contributed by atoms with E-state index in [0.29, 0.717) is 12.4 Å². The summed E-state index contributed by atoms with van der Waals surface area (Å²) in [5.74, 6) is 2.26. The number of hydrogen-bond donors (Lipinski definition) is 2. The number of aliphatic imine (C=N–C) groups is 1. The summed E-state index contributed by atoms with van der Waals surface area (Å²) in [6.45, 7) is 12.1. The fourth-order valence-corrected chi connectivity index (χ4v) is 2.58. The number of nitrogens with one attached hydrogen (secondary N) is 2. The monoisotopic (exact) mass is 460 g/mol. The molecule has 0 bridgehead atoms. The van der Waals surface area contributed by atoms with Crippen molar-refractivity contribution >= 4 is 29.9 Å². The SMILES string of the molecule is CCNC(=NCc1nc(C)c(C)o1)NCCc1c(C)nn(C)c1C.I. The number of nitrogens with zero attached hydrogens (tertiary/aromatic N) is 4. The lowest BCUT2D eigenvalue weighted by Crippen LogP contribution is -2.38. The molecule has 0 saturated heterocycles. The van der Waals surface area contributed by atoms with Crippen molar-refractivity contribution in [2.45, 2.75) is 47.6 Å². The summed E-state index contributed by atoms with van der Waals surface area (Å²) in [5.41, 5.74) is 4.51. The highest BCUT2D eigenvalue weighted by atomic mass is 127. The first-order valence-corrected chi connectivity index (χ1v) is 8.36. The maximum Gasteiger partial charge on any atom is 0.216 e. The van der Waals surface area contributed by atoms with Crippen LogP contribution in [0.15, 0.2) is 9.41 Å². The molecule has 0 atom stereocenters. The predicted molar refractivity (Wildman–Crippen MR) is 111 cm³/mol. The zero-order chi connectivity index (χ0) is 17.7. The molecular weight excluding hydrogens is 431 g/mol. The van der Waals surface area contributed by atoms with Gasteiger partial charge in [-0.15, -0.1) is 24.0 Å². The Morgan fingerprint density at radius 3 is 2.40 bits per heavy atom. The summed E-state index contributed by atoms with van der Waals surface area (Å²) < 4.78 is 7.49. The smallest absolute Gasteiger partial charge is 0.216 e. The molecule has 8 heteroatoms. The van der Waals surface area contributed by atoms with Gasteiger partial charge in [0.1, 0.15) is 12.3 Å². The molecule has 0 aliphatic rings. The Hall–Kier alpha value is -1.58. The van der Waals surface area contributed by atoms with Crippen LogP contribution in [0.1, 0.15) is 41.2 Å². The van der Waals surface area contributed by atoms with Crippen molar-refractivity contribution in [3.63, 3.8) is 0 Å². The van der Waals surface area contributed by atoms with Gasteiger partial charge in [-0.3, -0.25) is 4.68 Å². The molecule has 0 radical (unpaired) electrons.